The predicted molar refractivity (Wildman–Crippen MR) is 120 cm³/mol. The lowest BCUT2D eigenvalue weighted by molar-refractivity contribution is -0.124. The average Bonchev–Trinajstić information content (AvgIpc) is 3.01. The first-order chi connectivity index (χ1) is 14.8. The van der Waals surface area contributed by atoms with E-state index in [0.717, 1.165) is 11.8 Å². The van der Waals surface area contributed by atoms with E-state index in [1.54, 1.807) is 24.3 Å². The molecule has 0 aliphatic carbocycles. The van der Waals surface area contributed by atoms with Crippen molar-refractivity contribution in [2.24, 2.45) is 0 Å². The number of thioether (sulfide) groups is 1. The highest BCUT2D eigenvalue weighted by Crippen LogP contribution is 2.35. The maximum absolute atomic E-state index is 12.9. The third-order valence-corrected chi connectivity index (χ3v) is 5.77. The fourth-order valence-electron chi connectivity index (χ4n) is 2.79. The summed E-state index contributed by atoms with van der Waals surface area (Å²) in [5, 5.41) is 2.55. The first kappa shape index (κ1) is 22.8. The van der Waals surface area contributed by atoms with E-state index < -0.39 is 11.7 Å². The van der Waals surface area contributed by atoms with Gasteiger partial charge in [-0.3, -0.25) is 19.3 Å². The Hall–Kier alpha value is -2.84. The molecule has 0 aromatic heterocycles. The van der Waals surface area contributed by atoms with Crippen LogP contribution < -0.4 is 10.1 Å². The Kier molecular flexibility index (Phi) is 7.35. The molecule has 31 heavy (non-hydrogen) atoms. The zero-order chi connectivity index (χ0) is 22.5. The first-order valence-electron chi connectivity index (χ1n) is 9.53. The molecule has 3 rings (SSSR count). The number of anilines is 1. The molecule has 1 heterocycles. The fourth-order valence-corrected chi connectivity index (χ4v) is 3.96. The minimum Gasteiger partial charge on any atom is -0.482 e. The SMILES string of the molecule is CC[C@H](C)N1C(=O)S/C(=C/c2ccc(OCC(=O)Nc3ccc(F)cc3)c(Cl)c2)C1=O. The molecule has 2 aromatic carbocycles. The van der Waals surface area contributed by atoms with Crippen molar-refractivity contribution in [1.82, 2.24) is 4.90 Å². The van der Waals surface area contributed by atoms with E-state index in [1.165, 1.54) is 29.2 Å². The lowest BCUT2D eigenvalue weighted by Crippen LogP contribution is -2.36. The van der Waals surface area contributed by atoms with Crippen molar-refractivity contribution in [2.75, 3.05) is 11.9 Å². The zero-order valence-corrected chi connectivity index (χ0v) is 18.4. The average molecular weight is 463 g/mol. The van der Waals surface area contributed by atoms with Crippen molar-refractivity contribution in [3.8, 4) is 5.75 Å². The van der Waals surface area contributed by atoms with Crippen LogP contribution in [0.5, 0.6) is 5.75 Å². The molecule has 9 heteroatoms. The number of imide groups is 1. The highest BCUT2D eigenvalue weighted by molar-refractivity contribution is 8.18. The molecule has 1 aliphatic heterocycles. The van der Waals surface area contributed by atoms with Crippen LogP contribution in [0.1, 0.15) is 25.8 Å². The number of carbonyl (C=O) groups excluding carboxylic acids is 3. The van der Waals surface area contributed by atoms with Crippen LogP contribution in [0.3, 0.4) is 0 Å². The van der Waals surface area contributed by atoms with Gasteiger partial charge < -0.3 is 10.1 Å². The Bertz CT molecular complexity index is 1040. The molecule has 0 radical (unpaired) electrons. The second kappa shape index (κ2) is 9.98. The van der Waals surface area contributed by atoms with Gasteiger partial charge in [0.2, 0.25) is 0 Å². The smallest absolute Gasteiger partial charge is 0.293 e. The molecular formula is C22H20ClFN2O4S. The van der Waals surface area contributed by atoms with E-state index in [2.05, 4.69) is 5.32 Å². The van der Waals surface area contributed by atoms with Gasteiger partial charge in [-0.05, 0) is 73.1 Å². The van der Waals surface area contributed by atoms with Crippen LogP contribution in [0.4, 0.5) is 14.9 Å². The summed E-state index contributed by atoms with van der Waals surface area (Å²) in [6, 6.07) is 10.0. The molecular weight excluding hydrogens is 443 g/mol. The van der Waals surface area contributed by atoms with Gasteiger partial charge in [0.25, 0.3) is 17.1 Å². The number of amides is 3. The molecule has 1 N–H and O–H groups in total. The van der Waals surface area contributed by atoms with Crippen molar-refractivity contribution in [1.29, 1.82) is 0 Å². The molecule has 1 saturated heterocycles. The van der Waals surface area contributed by atoms with Gasteiger partial charge in [0.1, 0.15) is 11.6 Å². The Morgan fingerprint density at radius 1 is 1.26 bits per heavy atom. The van der Waals surface area contributed by atoms with Crippen molar-refractivity contribution in [2.45, 2.75) is 26.3 Å². The molecule has 1 atom stereocenters. The summed E-state index contributed by atoms with van der Waals surface area (Å²) in [7, 11) is 0. The summed E-state index contributed by atoms with van der Waals surface area (Å²) in [5.41, 5.74) is 1.07. The maximum atomic E-state index is 12.9. The van der Waals surface area contributed by atoms with Crippen molar-refractivity contribution in [3.63, 3.8) is 0 Å². The molecule has 0 saturated carbocycles. The lowest BCUT2D eigenvalue weighted by Gasteiger charge is -2.19. The molecule has 0 unspecified atom stereocenters. The van der Waals surface area contributed by atoms with Crippen LogP contribution in [0.15, 0.2) is 47.4 Å². The Morgan fingerprint density at radius 2 is 1.97 bits per heavy atom. The van der Waals surface area contributed by atoms with E-state index in [0.29, 0.717) is 28.3 Å². The summed E-state index contributed by atoms with van der Waals surface area (Å²) >= 11 is 7.14. The summed E-state index contributed by atoms with van der Waals surface area (Å²) in [6.45, 7) is 3.45. The van der Waals surface area contributed by atoms with E-state index >= 15 is 0 Å². The minimum absolute atomic E-state index is 0.168. The number of hydrogen-bond donors (Lipinski definition) is 1. The van der Waals surface area contributed by atoms with Gasteiger partial charge in [0, 0.05) is 11.7 Å². The molecule has 1 fully saturated rings. The highest BCUT2D eigenvalue weighted by Gasteiger charge is 2.37. The molecule has 162 valence electrons. The van der Waals surface area contributed by atoms with Crippen molar-refractivity contribution < 1.29 is 23.5 Å². The van der Waals surface area contributed by atoms with Gasteiger partial charge in [0.15, 0.2) is 6.61 Å². The molecule has 6 nitrogen and oxygen atoms in total. The number of rotatable bonds is 7. The van der Waals surface area contributed by atoms with Crippen LogP contribution in [-0.2, 0) is 9.59 Å². The fraction of sp³-hybridized carbons (Fsp3) is 0.227. The minimum atomic E-state index is -0.425. The summed E-state index contributed by atoms with van der Waals surface area (Å²) < 4.78 is 18.4. The van der Waals surface area contributed by atoms with Gasteiger partial charge in [-0.25, -0.2) is 4.39 Å². The molecule has 1 aliphatic rings. The number of hydrogen-bond acceptors (Lipinski definition) is 5. The number of carbonyl (C=O) groups is 3. The third kappa shape index (κ3) is 5.65. The largest absolute Gasteiger partial charge is 0.482 e. The number of benzene rings is 2. The quantitative estimate of drug-likeness (QED) is 0.563. The van der Waals surface area contributed by atoms with Gasteiger partial charge in [0.05, 0.1) is 9.93 Å². The second-order valence-electron chi connectivity index (χ2n) is 6.84. The summed E-state index contributed by atoms with van der Waals surface area (Å²) in [6.07, 6.45) is 2.28. The van der Waals surface area contributed by atoms with Gasteiger partial charge >= 0.3 is 0 Å². The number of halogens is 2. The van der Waals surface area contributed by atoms with E-state index in [9.17, 15) is 18.8 Å². The van der Waals surface area contributed by atoms with Crippen molar-refractivity contribution in [3.05, 3.63) is 63.8 Å². The van der Waals surface area contributed by atoms with E-state index in [4.69, 9.17) is 16.3 Å². The Labute approximate surface area is 188 Å². The van der Waals surface area contributed by atoms with E-state index in [1.807, 2.05) is 13.8 Å². The molecule has 3 amide bonds. The summed E-state index contributed by atoms with van der Waals surface area (Å²) in [4.78, 5) is 38.2. The van der Waals surface area contributed by atoms with Crippen LogP contribution in [-0.4, -0.2) is 34.6 Å². The Balaban J connectivity index is 1.63. The monoisotopic (exact) mass is 462 g/mol. The van der Waals surface area contributed by atoms with Crippen molar-refractivity contribution >= 4 is 52.2 Å². The lowest BCUT2D eigenvalue weighted by atomic mass is 10.2. The maximum Gasteiger partial charge on any atom is 0.293 e. The molecule has 0 spiro atoms. The molecule has 0 bridgehead atoms. The number of nitrogens with one attached hydrogen (secondary N) is 1. The zero-order valence-electron chi connectivity index (χ0n) is 16.9. The predicted octanol–water partition coefficient (Wildman–Crippen LogP) is 5.33. The normalized spacial score (nSPS) is 16.0. The second-order valence-corrected chi connectivity index (χ2v) is 8.24. The number of nitrogens with zero attached hydrogens (tertiary/aromatic N) is 1. The molecule has 2 aromatic rings. The van der Waals surface area contributed by atoms with Crippen LogP contribution in [0.2, 0.25) is 5.02 Å². The van der Waals surface area contributed by atoms with Gasteiger partial charge in [-0.15, -0.1) is 0 Å². The van der Waals surface area contributed by atoms with Crippen LogP contribution in [0.25, 0.3) is 6.08 Å². The first-order valence-corrected chi connectivity index (χ1v) is 10.7. The standard InChI is InChI=1S/C22H20ClFN2O4S/c1-3-13(2)26-21(28)19(31-22(26)29)11-14-4-9-18(17(23)10-14)30-12-20(27)25-16-7-5-15(24)6-8-16/h4-11,13H,3,12H2,1-2H3,(H,25,27)/b19-11+/t13-/m0/s1. The van der Waals surface area contributed by atoms with Crippen LogP contribution in [0, 0.1) is 5.82 Å². The highest BCUT2D eigenvalue weighted by atomic mass is 35.5. The topological polar surface area (TPSA) is 75.7 Å². The Morgan fingerprint density at radius 3 is 2.61 bits per heavy atom. The van der Waals surface area contributed by atoms with Gasteiger partial charge in [-0.1, -0.05) is 24.6 Å². The van der Waals surface area contributed by atoms with Crippen LogP contribution >= 0.6 is 23.4 Å². The van der Waals surface area contributed by atoms with E-state index in [-0.39, 0.29) is 28.8 Å². The third-order valence-electron chi connectivity index (χ3n) is 4.60. The number of ether oxygens (including phenoxy) is 1. The van der Waals surface area contributed by atoms with Gasteiger partial charge in [-0.2, -0.15) is 0 Å². The summed E-state index contributed by atoms with van der Waals surface area (Å²) in [5.74, 6) is -0.852.